The highest BCUT2D eigenvalue weighted by Crippen LogP contribution is 2.20. The number of aromatic amines is 1. The van der Waals surface area contributed by atoms with Crippen molar-refractivity contribution in [3.8, 4) is 23.0 Å². The first kappa shape index (κ1) is 19.1. The highest BCUT2D eigenvalue weighted by Gasteiger charge is 2.19. The lowest BCUT2D eigenvalue weighted by molar-refractivity contribution is 0.101. The molecule has 2 aromatic heterocycles. The van der Waals surface area contributed by atoms with E-state index in [0.29, 0.717) is 23.7 Å². The van der Waals surface area contributed by atoms with E-state index in [1.54, 1.807) is 42.5 Å². The lowest BCUT2D eigenvalue weighted by atomic mass is 10.2. The smallest absolute Gasteiger partial charge is 0.294 e. The number of nitrogens with zero attached hydrogens (tertiary/aromatic N) is 2. The molecule has 0 aliphatic heterocycles. The van der Waals surface area contributed by atoms with Crippen molar-refractivity contribution < 1.29 is 14.6 Å². The summed E-state index contributed by atoms with van der Waals surface area (Å²) >= 11 is 0. The fraction of sp³-hybridized carbons (Fsp3) is 0.200. The number of hydrogen-bond donors (Lipinski definition) is 3. The molecule has 2 heterocycles. The predicted molar refractivity (Wildman–Crippen MR) is 105 cm³/mol. The summed E-state index contributed by atoms with van der Waals surface area (Å²) in [6, 6.07) is 11.9. The fourth-order valence-corrected chi connectivity index (χ4v) is 2.44. The zero-order chi connectivity index (χ0) is 19.9. The van der Waals surface area contributed by atoms with Crippen LogP contribution in [-0.4, -0.2) is 32.6 Å². The van der Waals surface area contributed by atoms with Crippen molar-refractivity contribution in [1.82, 2.24) is 15.0 Å². The first-order valence-corrected chi connectivity index (χ1v) is 8.87. The van der Waals surface area contributed by atoms with Crippen LogP contribution in [0.2, 0.25) is 0 Å². The first-order chi connectivity index (χ1) is 13.6. The molecule has 0 aliphatic carbocycles. The number of rotatable bonds is 7. The van der Waals surface area contributed by atoms with Gasteiger partial charge in [0, 0.05) is 18.0 Å². The summed E-state index contributed by atoms with van der Waals surface area (Å²) in [5.41, 5.74) is -0.376. The molecule has 0 atom stereocenters. The standard InChI is InChI=1S/C20H20N4O4/c1-2-3-11-28-14-8-6-7-13(12-14)22-19(26)16-17(25)20(27)24-18(23-16)15-9-4-5-10-21-15/h4-10,12,25H,2-3,11H2,1H3,(H,22,26)(H,23,24,27). The van der Waals surface area contributed by atoms with Gasteiger partial charge in [0.15, 0.2) is 11.5 Å². The Kier molecular flexibility index (Phi) is 6.01. The largest absolute Gasteiger partial charge is 0.501 e. The minimum atomic E-state index is -0.822. The molecular weight excluding hydrogens is 360 g/mol. The highest BCUT2D eigenvalue weighted by atomic mass is 16.5. The Hall–Kier alpha value is -3.68. The van der Waals surface area contributed by atoms with Gasteiger partial charge in [-0.05, 0) is 30.7 Å². The molecule has 28 heavy (non-hydrogen) atoms. The van der Waals surface area contributed by atoms with E-state index in [4.69, 9.17) is 4.74 Å². The van der Waals surface area contributed by atoms with Crippen LogP contribution in [0.25, 0.3) is 11.5 Å². The summed E-state index contributed by atoms with van der Waals surface area (Å²) in [5.74, 6) is -0.771. The van der Waals surface area contributed by atoms with Crippen molar-refractivity contribution >= 4 is 11.6 Å². The number of aromatic hydroxyl groups is 1. The molecule has 0 fully saturated rings. The molecule has 0 unspecified atom stereocenters. The Morgan fingerprint density at radius 3 is 2.86 bits per heavy atom. The molecule has 0 aliphatic rings. The van der Waals surface area contributed by atoms with E-state index >= 15 is 0 Å². The summed E-state index contributed by atoms with van der Waals surface area (Å²) in [5, 5.41) is 12.6. The zero-order valence-electron chi connectivity index (χ0n) is 15.3. The van der Waals surface area contributed by atoms with Crippen LogP contribution in [0.1, 0.15) is 30.3 Å². The number of nitrogens with one attached hydrogen (secondary N) is 2. The minimum Gasteiger partial charge on any atom is -0.501 e. The van der Waals surface area contributed by atoms with E-state index in [-0.39, 0.29) is 11.5 Å². The SMILES string of the molecule is CCCCOc1cccc(NC(=O)c2nc(-c3ccccn3)[nH]c(=O)c2O)c1. The van der Waals surface area contributed by atoms with Gasteiger partial charge in [0.25, 0.3) is 11.5 Å². The molecule has 8 heteroatoms. The van der Waals surface area contributed by atoms with Crippen molar-refractivity contribution in [2.24, 2.45) is 0 Å². The zero-order valence-corrected chi connectivity index (χ0v) is 15.3. The normalized spacial score (nSPS) is 10.5. The molecule has 144 valence electrons. The molecule has 0 saturated carbocycles. The van der Waals surface area contributed by atoms with E-state index in [2.05, 4.69) is 27.2 Å². The summed E-state index contributed by atoms with van der Waals surface area (Å²) < 4.78 is 5.61. The van der Waals surface area contributed by atoms with Crippen LogP contribution in [0, 0.1) is 0 Å². The lowest BCUT2D eigenvalue weighted by Gasteiger charge is -2.10. The van der Waals surface area contributed by atoms with Gasteiger partial charge in [0.05, 0.1) is 6.61 Å². The molecule has 0 saturated heterocycles. The van der Waals surface area contributed by atoms with Crippen LogP contribution in [0.4, 0.5) is 5.69 Å². The highest BCUT2D eigenvalue weighted by molar-refractivity contribution is 6.04. The Morgan fingerprint density at radius 2 is 2.11 bits per heavy atom. The van der Waals surface area contributed by atoms with Crippen LogP contribution in [0.3, 0.4) is 0 Å². The summed E-state index contributed by atoms with van der Waals surface area (Å²) in [6.07, 6.45) is 3.48. The van der Waals surface area contributed by atoms with Crippen molar-refractivity contribution in [1.29, 1.82) is 0 Å². The molecule has 3 aromatic rings. The Bertz CT molecular complexity index is 1020. The van der Waals surface area contributed by atoms with Gasteiger partial charge in [-0.15, -0.1) is 0 Å². The average Bonchev–Trinajstić information content (AvgIpc) is 2.71. The molecule has 0 radical (unpaired) electrons. The quantitative estimate of drug-likeness (QED) is 0.543. The van der Waals surface area contributed by atoms with Gasteiger partial charge in [0.1, 0.15) is 11.4 Å². The lowest BCUT2D eigenvalue weighted by Crippen LogP contribution is -2.20. The topological polar surface area (TPSA) is 117 Å². The maximum atomic E-state index is 12.6. The van der Waals surface area contributed by atoms with Gasteiger partial charge in [-0.25, -0.2) is 4.98 Å². The van der Waals surface area contributed by atoms with Gasteiger partial charge in [-0.2, -0.15) is 0 Å². The number of benzene rings is 1. The number of unbranched alkanes of at least 4 members (excludes halogenated alkanes) is 1. The number of carbonyl (C=O) groups excluding carboxylic acids is 1. The number of pyridine rings is 1. The number of carbonyl (C=O) groups is 1. The molecule has 3 rings (SSSR count). The predicted octanol–water partition coefficient (Wildman–Crippen LogP) is 2.97. The second-order valence-corrected chi connectivity index (χ2v) is 6.01. The third-order valence-corrected chi connectivity index (χ3v) is 3.88. The van der Waals surface area contributed by atoms with E-state index in [9.17, 15) is 14.7 Å². The third-order valence-electron chi connectivity index (χ3n) is 3.88. The number of H-pyrrole nitrogens is 1. The van der Waals surface area contributed by atoms with E-state index < -0.39 is 17.2 Å². The van der Waals surface area contributed by atoms with Gasteiger partial charge in [-0.3, -0.25) is 14.6 Å². The molecule has 1 amide bonds. The Labute approximate surface area is 161 Å². The number of ether oxygens (including phenoxy) is 1. The summed E-state index contributed by atoms with van der Waals surface area (Å²) in [7, 11) is 0. The van der Waals surface area contributed by atoms with Crippen LogP contribution in [-0.2, 0) is 0 Å². The fourth-order valence-electron chi connectivity index (χ4n) is 2.44. The summed E-state index contributed by atoms with van der Waals surface area (Å²) in [6.45, 7) is 2.65. The van der Waals surface area contributed by atoms with Crippen molar-refractivity contribution in [2.75, 3.05) is 11.9 Å². The molecule has 1 aromatic carbocycles. The van der Waals surface area contributed by atoms with E-state index in [0.717, 1.165) is 12.8 Å². The van der Waals surface area contributed by atoms with Crippen molar-refractivity contribution in [3.63, 3.8) is 0 Å². The van der Waals surface area contributed by atoms with Gasteiger partial charge in [0.2, 0.25) is 5.75 Å². The van der Waals surface area contributed by atoms with Crippen LogP contribution in [0.5, 0.6) is 11.5 Å². The van der Waals surface area contributed by atoms with Crippen molar-refractivity contribution in [2.45, 2.75) is 19.8 Å². The molecule has 8 nitrogen and oxygen atoms in total. The van der Waals surface area contributed by atoms with Gasteiger partial charge >= 0.3 is 0 Å². The molecule has 0 spiro atoms. The van der Waals surface area contributed by atoms with Gasteiger partial charge in [-0.1, -0.05) is 25.5 Å². The first-order valence-electron chi connectivity index (χ1n) is 8.87. The number of hydrogen-bond acceptors (Lipinski definition) is 6. The second kappa shape index (κ2) is 8.81. The van der Waals surface area contributed by atoms with E-state index in [1.165, 1.54) is 6.20 Å². The third kappa shape index (κ3) is 4.53. The van der Waals surface area contributed by atoms with Gasteiger partial charge < -0.3 is 20.1 Å². The summed E-state index contributed by atoms with van der Waals surface area (Å²) in [4.78, 5) is 35.2. The van der Waals surface area contributed by atoms with Crippen molar-refractivity contribution in [3.05, 3.63) is 64.7 Å². The number of amides is 1. The molecular formula is C20H20N4O4. The van der Waals surface area contributed by atoms with E-state index in [1.807, 2.05) is 0 Å². The Morgan fingerprint density at radius 1 is 1.25 bits per heavy atom. The Balaban J connectivity index is 1.84. The molecule has 0 bridgehead atoms. The molecule has 3 N–H and O–H groups in total. The average molecular weight is 380 g/mol. The van der Waals surface area contributed by atoms with Crippen LogP contribution >= 0.6 is 0 Å². The monoisotopic (exact) mass is 380 g/mol. The van der Waals surface area contributed by atoms with Crippen LogP contribution in [0.15, 0.2) is 53.5 Å². The maximum Gasteiger partial charge on any atom is 0.294 e. The second-order valence-electron chi connectivity index (χ2n) is 6.01. The number of anilines is 1. The maximum absolute atomic E-state index is 12.6. The van der Waals surface area contributed by atoms with Crippen LogP contribution < -0.4 is 15.6 Å². The minimum absolute atomic E-state index is 0.0881. The number of aromatic nitrogens is 3.